The molecule has 4 rings (SSSR count). The molecule has 0 saturated heterocycles. The summed E-state index contributed by atoms with van der Waals surface area (Å²) in [5, 5.41) is 9.89. The summed E-state index contributed by atoms with van der Waals surface area (Å²) in [4.78, 5) is 13.2. The van der Waals surface area contributed by atoms with E-state index < -0.39 is 5.92 Å². The second-order valence-corrected chi connectivity index (χ2v) is 9.37. The quantitative estimate of drug-likeness (QED) is 0.631. The van der Waals surface area contributed by atoms with Crippen LogP contribution in [0.1, 0.15) is 43.7 Å². The number of benzene rings is 2. The fourth-order valence-corrected chi connectivity index (χ4v) is 4.56. The second kappa shape index (κ2) is 9.34. The minimum atomic E-state index is -0.721. The maximum Gasteiger partial charge on any atom is 0.205 e. The number of halogens is 1. The smallest absolute Gasteiger partial charge is 0.205 e. The van der Waals surface area contributed by atoms with Crippen LogP contribution in [0.3, 0.4) is 0 Å². The molecular formula is C27H27FN2O5. The van der Waals surface area contributed by atoms with E-state index in [0.717, 1.165) is 5.56 Å². The van der Waals surface area contributed by atoms with E-state index in [2.05, 4.69) is 6.07 Å². The van der Waals surface area contributed by atoms with E-state index in [1.807, 2.05) is 13.8 Å². The lowest BCUT2D eigenvalue weighted by Gasteiger charge is -2.37. The molecule has 0 unspecified atom stereocenters. The van der Waals surface area contributed by atoms with Crippen LogP contribution in [0.4, 0.5) is 4.39 Å². The molecule has 0 saturated carbocycles. The lowest BCUT2D eigenvalue weighted by molar-refractivity contribution is -0.119. The van der Waals surface area contributed by atoms with E-state index in [1.165, 1.54) is 26.4 Å². The number of ether oxygens (including phenoxy) is 4. The number of nitrogens with zero attached hydrogens (tertiary/aromatic N) is 1. The Balaban J connectivity index is 1.78. The molecule has 0 radical (unpaired) electrons. The van der Waals surface area contributed by atoms with Gasteiger partial charge < -0.3 is 24.7 Å². The third-order valence-corrected chi connectivity index (χ3v) is 6.19. The van der Waals surface area contributed by atoms with Crippen molar-refractivity contribution >= 4 is 5.78 Å². The lowest BCUT2D eigenvalue weighted by Crippen LogP contribution is -2.33. The average molecular weight is 479 g/mol. The van der Waals surface area contributed by atoms with Gasteiger partial charge in [-0.05, 0) is 40.8 Å². The molecule has 1 atom stereocenters. The zero-order valence-corrected chi connectivity index (χ0v) is 20.1. The molecule has 2 aromatic carbocycles. The molecule has 182 valence electrons. The first-order valence-corrected chi connectivity index (χ1v) is 11.1. The van der Waals surface area contributed by atoms with Gasteiger partial charge in [-0.25, -0.2) is 4.39 Å². The Morgan fingerprint density at radius 2 is 1.77 bits per heavy atom. The van der Waals surface area contributed by atoms with E-state index in [4.69, 9.17) is 24.7 Å². The molecule has 0 amide bonds. The van der Waals surface area contributed by atoms with E-state index in [-0.39, 0.29) is 35.1 Å². The molecule has 0 spiro atoms. The standard InChI is InChI=1S/C27H27FN2O5/c1-27(2)11-19(31)24-22(12-27)35-26(30)18(13-29)23(24)16-9-20(32-3)25(21(10-16)33-4)34-14-15-5-7-17(28)8-6-15/h5-10,23H,11-12,14,30H2,1-4H3/t23-/m0/s1. The van der Waals surface area contributed by atoms with Crippen molar-refractivity contribution in [3.05, 3.63) is 76.1 Å². The topological polar surface area (TPSA) is 104 Å². The molecule has 7 nitrogen and oxygen atoms in total. The molecule has 1 aliphatic heterocycles. The van der Waals surface area contributed by atoms with Crippen LogP contribution in [0.25, 0.3) is 0 Å². The molecular weight excluding hydrogens is 451 g/mol. The largest absolute Gasteiger partial charge is 0.493 e. The Hall–Kier alpha value is -3.99. The van der Waals surface area contributed by atoms with E-state index in [1.54, 1.807) is 24.3 Å². The Bertz CT molecular complexity index is 1250. The number of allylic oxidation sites excluding steroid dienone is 3. The summed E-state index contributed by atoms with van der Waals surface area (Å²) in [6.45, 7) is 4.14. The first-order chi connectivity index (χ1) is 16.7. The van der Waals surface area contributed by atoms with Gasteiger partial charge in [0.1, 0.15) is 29.8 Å². The first kappa shape index (κ1) is 24.1. The van der Waals surface area contributed by atoms with Gasteiger partial charge in [0.15, 0.2) is 17.3 Å². The minimum absolute atomic E-state index is 0.0173. The molecule has 1 heterocycles. The number of carbonyl (C=O) groups excluding carboxylic acids is 1. The van der Waals surface area contributed by atoms with Crippen LogP contribution in [0.5, 0.6) is 17.2 Å². The van der Waals surface area contributed by atoms with E-state index >= 15 is 0 Å². The van der Waals surface area contributed by atoms with Gasteiger partial charge >= 0.3 is 0 Å². The highest BCUT2D eigenvalue weighted by molar-refractivity contribution is 6.00. The first-order valence-electron chi connectivity index (χ1n) is 11.1. The monoisotopic (exact) mass is 478 g/mol. The van der Waals surface area contributed by atoms with Crippen LogP contribution in [0.15, 0.2) is 59.2 Å². The number of carbonyl (C=O) groups is 1. The van der Waals surface area contributed by atoms with Crippen LogP contribution in [0.2, 0.25) is 0 Å². The molecule has 0 aromatic heterocycles. The Morgan fingerprint density at radius 1 is 1.14 bits per heavy atom. The van der Waals surface area contributed by atoms with Crippen molar-refractivity contribution in [2.45, 2.75) is 39.2 Å². The number of Topliss-reactive ketones (excluding diaryl/α,β-unsaturated/α-hetero) is 1. The maximum atomic E-state index is 13.2. The SMILES string of the molecule is COc1cc([C@H]2C(C#N)=C(N)OC3=C2C(=O)CC(C)(C)C3)cc(OC)c1OCc1ccc(F)cc1. The zero-order valence-electron chi connectivity index (χ0n) is 20.1. The molecule has 0 fully saturated rings. The van der Waals surface area contributed by atoms with Crippen LogP contribution < -0.4 is 19.9 Å². The Labute approximate surface area is 203 Å². The van der Waals surface area contributed by atoms with Gasteiger partial charge in [-0.15, -0.1) is 0 Å². The lowest BCUT2D eigenvalue weighted by atomic mass is 9.70. The van der Waals surface area contributed by atoms with Crippen LogP contribution in [-0.4, -0.2) is 20.0 Å². The van der Waals surface area contributed by atoms with E-state index in [0.29, 0.717) is 47.0 Å². The minimum Gasteiger partial charge on any atom is -0.493 e. The van der Waals surface area contributed by atoms with E-state index in [9.17, 15) is 14.4 Å². The fourth-order valence-electron chi connectivity index (χ4n) is 4.56. The highest BCUT2D eigenvalue weighted by Gasteiger charge is 2.43. The zero-order chi connectivity index (χ0) is 25.3. The van der Waals surface area contributed by atoms with Crippen molar-refractivity contribution < 1.29 is 28.1 Å². The van der Waals surface area contributed by atoms with Gasteiger partial charge in [-0.3, -0.25) is 4.79 Å². The molecule has 2 aliphatic rings. The number of methoxy groups -OCH3 is 2. The number of nitriles is 1. The normalized spacial score (nSPS) is 19.0. The number of rotatable bonds is 6. The van der Waals surface area contributed by atoms with Crippen LogP contribution >= 0.6 is 0 Å². The molecule has 8 heteroatoms. The van der Waals surface area contributed by atoms with Crippen molar-refractivity contribution in [2.75, 3.05) is 14.2 Å². The van der Waals surface area contributed by atoms with Crippen LogP contribution in [-0.2, 0) is 16.1 Å². The number of hydrogen-bond donors (Lipinski definition) is 1. The predicted molar refractivity (Wildman–Crippen MR) is 126 cm³/mol. The fraction of sp³-hybridized carbons (Fsp3) is 0.333. The molecule has 2 aromatic rings. The average Bonchev–Trinajstić information content (AvgIpc) is 2.81. The van der Waals surface area contributed by atoms with Crippen molar-refractivity contribution in [3.63, 3.8) is 0 Å². The number of ketones is 1. The summed E-state index contributed by atoms with van der Waals surface area (Å²) < 4.78 is 36.1. The highest BCUT2D eigenvalue weighted by atomic mass is 19.1. The number of nitrogens with two attached hydrogens (primary N) is 1. The van der Waals surface area contributed by atoms with Gasteiger partial charge in [-0.1, -0.05) is 26.0 Å². The van der Waals surface area contributed by atoms with Crippen molar-refractivity contribution in [1.82, 2.24) is 0 Å². The number of hydrogen-bond acceptors (Lipinski definition) is 7. The third kappa shape index (κ3) is 4.67. The van der Waals surface area contributed by atoms with Crippen molar-refractivity contribution in [2.24, 2.45) is 11.1 Å². The maximum absolute atomic E-state index is 13.2. The van der Waals surface area contributed by atoms with Gasteiger partial charge in [-0.2, -0.15) is 5.26 Å². The molecule has 2 N–H and O–H groups in total. The molecule has 35 heavy (non-hydrogen) atoms. The van der Waals surface area contributed by atoms with Gasteiger partial charge in [0.05, 0.1) is 20.1 Å². The van der Waals surface area contributed by atoms with Gasteiger partial charge in [0, 0.05) is 18.4 Å². The Kier molecular flexibility index (Phi) is 6.44. The van der Waals surface area contributed by atoms with Gasteiger partial charge in [0.2, 0.25) is 11.6 Å². The summed E-state index contributed by atoms with van der Waals surface area (Å²) in [5.74, 6) is 0.385. The van der Waals surface area contributed by atoms with Crippen molar-refractivity contribution in [1.29, 1.82) is 5.26 Å². The molecule has 0 bridgehead atoms. The second-order valence-electron chi connectivity index (χ2n) is 9.37. The summed E-state index contributed by atoms with van der Waals surface area (Å²) in [7, 11) is 2.98. The predicted octanol–water partition coefficient (Wildman–Crippen LogP) is 4.87. The Morgan fingerprint density at radius 3 is 2.34 bits per heavy atom. The molecule has 1 aliphatic carbocycles. The van der Waals surface area contributed by atoms with Crippen molar-refractivity contribution in [3.8, 4) is 23.3 Å². The summed E-state index contributed by atoms with van der Waals surface area (Å²) >= 11 is 0. The summed E-state index contributed by atoms with van der Waals surface area (Å²) in [6, 6.07) is 11.5. The summed E-state index contributed by atoms with van der Waals surface area (Å²) in [5.41, 5.74) is 7.79. The highest BCUT2D eigenvalue weighted by Crippen LogP contribution is 2.50. The van der Waals surface area contributed by atoms with Crippen LogP contribution in [0, 0.1) is 22.6 Å². The third-order valence-electron chi connectivity index (χ3n) is 6.19. The van der Waals surface area contributed by atoms with Gasteiger partial charge in [0.25, 0.3) is 0 Å². The summed E-state index contributed by atoms with van der Waals surface area (Å²) in [6.07, 6.45) is 0.856.